The van der Waals surface area contributed by atoms with Crippen molar-refractivity contribution in [2.75, 3.05) is 26.4 Å². The Balaban J connectivity index is 2.04. The van der Waals surface area contributed by atoms with E-state index in [0.717, 1.165) is 12.8 Å². The van der Waals surface area contributed by atoms with Gasteiger partial charge in [-0.05, 0) is 19.8 Å². The second-order valence-electron chi connectivity index (χ2n) is 4.40. The number of hydrogen-bond acceptors (Lipinski definition) is 4. The number of hydrogen-bond donors (Lipinski definition) is 2. The predicted octanol–water partition coefficient (Wildman–Crippen LogP) is 0.672. The van der Waals surface area contributed by atoms with E-state index < -0.39 is 6.10 Å². The lowest BCUT2D eigenvalue weighted by Gasteiger charge is -2.23. The minimum absolute atomic E-state index is 0.147. The van der Waals surface area contributed by atoms with Crippen LogP contribution >= 0.6 is 0 Å². The molecular formula is C11H23NO3. The molecular weight excluding hydrogens is 194 g/mol. The van der Waals surface area contributed by atoms with E-state index in [9.17, 15) is 5.11 Å². The van der Waals surface area contributed by atoms with Crippen molar-refractivity contribution in [1.82, 2.24) is 0 Å². The van der Waals surface area contributed by atoms with E-state index in [1.807, 2.05) is 6.92 Å². The Morgan fingerprint density at radius 3 is 2.47 bits per heavy atom. The van der Waals surface area contributed by atoms with Crippen LogP contribution in [0.5, 0.6) is 0 Å². The first-order valence-electron chi connectivity index (χ1n) is 5.79. The SMILES string of the molecule is CCOCC(O)COCC1(N)CCCC1. The summed E-state index contributed by atoms with van der Waals surface area (Å²) in [6, 6.07) is 0. The van der Waals surface area contributed by atoms with Gasteiger partial charge in [-0.25, -0.2) is 0 Å². The molecule has 0 aromatic heterocycles. The summed E-state index contributed by atoms with van der Waals surface area (Å²) in [5, 5.41) is 9.45. The maximum absolute atomic E-state index is 9.45. The van der Waals surface area contributed by atoms with E-state index in [1.165, 1.54) is 12.8 Å². The van der Waals surface area contributed by atoms with Gasteiger partial charge in [0.1, 0.15) is 6.10 Å². The molecule has 1 rings (SSSR count). The van der Waals surface area contributed by atoms with Crippen LogP contribution in [0.2, 0.25) is 0 Å². The van der Waals surface area contributed by atoms with Crippen LogP contribution in [-0.4, -0.2) is 43.2 Å². The molecule has 0 radical (unpaired) electrons. The molecule has 0 aromatic rings. The van der Waals surface area contributed by atoms with Crippen LogP contribution in [0.15, 0.2) is 0 Å². The lowest BCUT2D eigenvalue weighted by atomic mass is 10.0. The molecule has 0 amide bonds. The third kappa shape index (κ3) is 4.93. The summed E-state index contributed by atoms with van der Waals surface area (Å²) in [6.45, 7) is 3.74. The Morgan fingerprint density at radius 1 is 1.27 bits per heavy atom. The quantitative estimate of drug-likeness (QED) is 0.658. The first kappa shape index (κ1) is 12.9. The van der Waals surface area contributed by atoms with Crippen molar-refractivity contribution in [2.45, 2.75) is 44.2 Å². The van der Waals surface area contributed by atoms with Crippen molar-refractivity contribution in [1.29, 1.82) is 0 Å². The van der Waals surface area contributed by atoms with E-state index in [0.29, 0.717) is 26.4 Å². The molecule has 0 saturated heterocycles. The molecule has 0 aromatic carbocycles. The lowest BCUT2D eigenvalue weighted by molar-refractivity contribution is -0.0264. The summed E-state index contributed by atoms with van der Waals surface area (Å²) in [7, 11) is 0. The smallest absolute Gasteiger partial charge is 0.101 e. The Bertz CT molecular complexity index is 169. The van der Waals surface area contributed by atoms with Crippen LogP contribution in [0, 0.1) is 0 Å². The standard InChI is InChI=1S/C11H23NO3/c1-2-14-7-10(13)8-15-9-11(12)5-3-4-6-11/h10,13H,2-9,12H2,1H3. The molecule has 0 bridgehead atoms. The largest absolute Gasteiger partial charge is 0.388 e. The first-order valence-corrected chi connectivity index (χ1v) is 5.79. The third-order valence-electron chi connectivity index (χ3n) is 2.81. The Morgan fingerprint density at radius 2 is 1.87 bits per heavy atom. The summed E-state index contributed by atoms with van der Waals surface area (Å²) in [4.78, 5) is 0. The molecule has 1 atom stereocenters. The van der Waals surface area contributed by atoms with Crippen LogP contribution in [0.4, 0.5) is 0 Å². The molecule has 0 aliphatic heterocycles. The molecule has 1 aliphatic rings. The first-order chi connectivity index (χ1) is 7.16. The number of nitrogens with two attached hydrogens (primary N) is 1. The van der Waals surface area contributed by atoms with Crippen molar-refractivity contribution >= 4 is 0 Å². The highest BCUT2D eigenvalue weighted by molar-refractivity contribution is 4.88. The fourth-order valence-corrected chi connectivity index (χ4v) is 1.92. The average molecular weight is 217 g/mol. The summed E-state index contributed by atoms with van der Waals surface area (Å²) in [5.74, 6) is 0. The lowest BCUT2D eigenvalue weighted by Crippen LogP contribution is -2.42. The van der Waals surface area contributed by atoms with Crippen molar-refractivity contribution < 1.29 is 14.6 Å². The topological polar surface area (TPSA) is 64.7 Å². The molecule has 15 heavy (non-hydrogen) atoms. The van der Waals surface area contributed by atoms with Gasteiger partial charge in [0.05, 0.1) is 19.8 Å². The van der Waals surface area contributed by atoms with Gasteiger partial charge in [-0.2, -0.15) is 0 Å². The van der Waals surface area contributed by atoms with E-state index in [4.69, 9.17) is 15.2 Å². The van der Waals surface area contributed by atoms with Gasteiger partial charge in [-0.1, -0.05) is 12.8 Å². The number of rotatable bonds is 7. The van der Waals surface area contributed by atoms with Crippen molar-refractivity contribution in [3.8, 4) is 0 Å². The highest BCUT2D eigenvalue weighted by atomic mass is 16.5. The van der Waals surface area contributed by atoms with E-state index in [-0.39, 0.29) is 5.54 Å². The van der Waals surface area contributed by atoms with Gasteiger partial charge in [0.25, 0.3) is 0 Å². The summed E-state index contributed by atoms with van der Waals surface area (Å²) >= 11 is 0. The molecule has 90 valence electrons. The zero-order valence-electron chi connectivity index (χ0n) is 9.58. The van der Waals surface area contributed by atoms with Gasteiger partial charge in [0.15, 0.2) is 0 Å². The summed E-state index contributed by atoms with van der Waals surface area (Å²) < 4.78 is 10.5. The van der Waals surface area contributed by atoms with Gasteiger partial charge >= 0.3 is 0 Å². The summed E-state index contributed by atoms with van der Waals surface area (Å²) in [6.07, 6.45) is 3.93. The molecule has 1 saturated carbocycles. The molecule has 4 heteroatoms. The maximum atomic E-state index is 9.45. The van der Waals surface area contributed by atoms with Crippen LogP contribution < -0.4 is 5.73 Å². The van der Waals surface area contributed by atoms with E-state index in [1.54, 1.807) is 0 Å². The van der Waals surface area contributed by atoms with Gasteiger partial charge in [0, 0.05) is 12.1 Å². The Hall–Kier alpha value is -0.160. The Kier molecular flexibility index (Phi) is 5.53. The second kappa shape index (κ2) is 6.43. The van der Waals surface area contributed by atoms with Gasteiger partial charge < -0.3 is 20.3 Å². The minimum Gasteiger partial charge on any atom is -0.388 e. The average Bonchev–Trinajstić information content (AvgIpc) is 2.62. The highest BCUT2D eigenvalue weighted by Crippen LogP contribution is 2.27. The van der Waals surface area contributed by atoms with Crippen LogP contribution in [0.3, 0.4) is 0 Å². The zero-order valence-corrected chi connectivity index (χ0v) is 9.58. The fraction of sp³-hybridized carbons (Fsp3) is 1.00. The number of ether oxygens (including phenoxy) is 2. The van der Waals surface area contributed by atoms with Crippen LogP contribution in [0.1, 0.15) is 32.6 Å². The molecule has 1 unspecified atom stereocenters. The predicted molar refractivity (Wildman–Crippen MR) is 58.7 cm³/mol. The fourth-order valence-electron chi connectivity index (χ4n) is 1.92. The van der Waals surface area contributed by atoms with Crippen LogP contribution in [-0.2, 0) is 9.47 Å². The second-order valence-corrected chi connectivity index (χ2v) is 4.40. The number of aliphatic hydroxyl groups is 1. The minimum atomic E-state index is -0.532. The zero-order chi connectivity index (χ0) is 11.1. The molecule has 1 fully saturated rings. The molecule has 0 heterocycles. The molecule has 0 spiro atoms. The molecule has 1 aliphatic carbocycles. The van der Waals surface area contributed by atoms with E-state index >= 15 is 0 Å². The molecule has 3 N–H and O–H groups in total. The van der Waals surface area contributed by atoms with Crippen molar-refractivity contribution in [2.24, 2.45) is 5.73 Å². The third-order valence-corrected chi connectivity index (χ3v) is 2.81. The number of aliphatic hydroxyl groups excluding tert-OH is 1. The highest BCUT2D eigenvalue weighted by Gasteiger charge is 2.29. The van der Waals surface area contributed by atoms with Gasteiger partial charge in [-0.15, -0.1) is 0 Å². The van der Waals surface area contributed by atoms with Crippen molar-refractivity contribution in [3.63, 3.8) is 0 Å². The van der Waals surface area contributed by atoms with Gasteiger partial charge in [0.2, 0.25) is 0 Å². The van der Waals surface area contributed by atoms with Crippen LogP contribution in [0.25, 0.3) is 0 Å². The normalized spacial score (nSPS) is 21.8. The van der Waals surface area contributed by atoms with Gasteiger partial charge in [-0.3, -0.25) is 0 Å². The molecule has 4 nitrogen and oxygen atoms in total. The monoisotopic (exact) mass is 217 g/mol. The van der Waals surface area contributed by atoms with E-state index in [2.05, 4.69) is 0 Å². The summed E-state index contributed by atoms with van der Waals surface area (Å²) in [5.41, 5.74) is 5.96. The van der Waals surface area contributed by atoms with Crippen molar-refractivity contribution in [3.05, 3.63) is 0 Å². The Labute approximate surface area is 91.7 Å². The maximum Gasteiger partial charge on any atom is 0.101 e.